The minimum Gasteiger partial charge on any atom is -0.463 e. The summed E-state index contributed by atoms with van der Waals surface area (Å²) in [5, 5.41) is 0. The molecule has 1 fully saturated rings. The van der Waals surface area contributed by atoms with Crippen LogP contribution in [0.25, 0.3) is 0 Å². The van der Waals surface area contributed by atoms with E-state index in [4.69, 9.17) is 10.2 Å². The molecule has 1 aliphatic heterocycles. The molecule has 2 rings (SSSR count). The smallest absolute Gasteiger partial charge is 0.120 e. The molecule has 90 valence electrons. The predicted octanol–water partition coefficient (Wildman–Crippen LogP) is 2.42. The zero-order valence-electron chi connectivity index (χ0n) is 10.2. The fourth-order valence-electron chi connectivity index (χ4n) is 2.39. The van der Waals surface area contributed by atoms with Crippen molar-refractivity contribution < 1.29 is 4.42 Å². The summed E-state index contributed by atoms with van der Waals surface area (Å²) >= 11 is 0. The van der Waals surface area contributed by atoms with E-state index in [0.29, 0.717) is 6.54 Å². The summed E-state index contributed by atoms with van der Waals surface area (Å²) in [6.07, 6.45) is 5.40. The highest BCUT2D eigenvalue weighted by atomic mass is 16.3. The first-order chi connectivity index (χ1) is 7.79. The minimum atomic E-state index is 0.506. The second kappa shape index (κ2) is 5.51. The number of aryl methyl sites for hydroxylation is 1. The molecule has 0 saturated carbocycles. The van der Waals surface area contributed by atoms with E-state index < -0.39 is 0 Å². The highest BCUT2D eigenvalue weighted by Crippen LogP contribution is 2.18. The normalized spacial score (nSPS) is 18.6. The van der Waals surface area contributed by atoms with Gasteiger partial charge in [0, 0.05) is 0 Å². The van der Waals surface area contributed by atoms with Crippen molar-refractivity contribution in [2.24, 2.45) is 5.73 Å². The van der Waals surface area contributed by atoms with Crippen LogP contribution < -0.4 is 5.73 Å². The van der Waals surface area contributed by atoms with Gasteiger partial charge in [0.25, 0.3) is 0 Å². The van der Waals surface area contributed by atoms with Gasteiger partial charge in [-0.3, -0.25) is 4.90 Å². The molecule has 0 aromatic carbocycles. The summed E-state index contributed by atoms with van der Waals surface area (Å²) in [6.45, 7) is 5.93. The van der Waals surface area contributed by atoms with E-state index >= 15 is 0 Å². The summed E-state index contributed by atoms with van der Waals surface area (Å²) < 4.78 is 5.74. The Morgan fingerprint density at radius 3 is 2.50 bits per heavy atom. The Hall–Kier alpha value is -0.800. The lowest BCUT2D eigenvalue weighted by molar-refractivity contribution is 0.250. The van der Waals surface area contributed by atoms with Crippen LogP contribution in [0.1, 0.15) is 42.8 Å². The molecule has 1 aliphatic rings. The number of nitrogens with two attached hydrogens (primary N) is 1. The average Bonchev–Trinajstić information content (AvgIpc) is 2.50. The Labute approximate surface area is 97.6 Å². The molecular formula is C13H22N2O. The van der Waals surface area contributed by atoms with Gasteiger partial charge >= 0.3 is 0 Å². The number of likely N-dealkylation sites (tertiary alicyclic amines) is 1. The van der Waals surface area contributed by atoms with Crippen LogP contribution in [0.5, 0.6) is 0 Å². The first-order valence-corrected chi connectivity index (χ1v) is 6.30. The van der Waals surface area contributed by atoms with Crippen molar-refractivity contribution in [1.29, 1.82) is 0 Å². The number of rotatable bonds is 3. The van der Waals surface area contributed by atoms with Gasteiger partial charge < -0.3 is 10.2 Å². The maximum absolute atomic E-state index is 5.74. The highest BCUT2D eigenvalue weighted by Gasteiger charge is 2.12. The van der Waals surface area contributed by atoms with E-state index in [1.807, 2.05) is 0 Å². The summed E-state index contributed by atoms with van der Waals surface area (Å²) in [7, 11) is 0. The SMILES string of the molecule is Cc1cc(CN2CCCCCC2)oc1CN. The van der Waals surface area contributed by atoms with Crippen LogP contribution in [0.15, 0.2) is 10.5 Å². The summed E-state index contributed by atoms with van der Waals surface area (Å²) in [5.41, 5.74) is 6.80. The van der Waals surface area contributed by atoms with Crippen LogP contribution in [0, 0.1) is 6.92 Å². The Bertz CT molecular complexity index is 325. The van der Waals surface area contributed by atoms with Gasteiger partial charge in [0.05, 0.1) is 13.1 Å². The molecule has 0 spiro atoms. The molecule has 0 unspecified atom stereocenters. The van der Waals surface area contributed by atoms with Crippen molar-refractivity contribution in [3.63, 3.8) is 0 Å². The van der Waals surface area contributed by atoms with E-state index in [1.165, 1.54) is 44.3 Å². The first-order valence-electron chi connectivity index (χ1n) is 6.30. The van der Waals surface area contributed by atoms with Crippen molar-refractivity contribution in [3.05, 3.63) is 23.2 Å². The van der Waals surface area contributed by atoms with E-state index in [9.17, 15) is 0 Å². The van der Waals surface area contributed by atoms with Gasteiger partial charge in [0.15, 0.2) is 0 Å². The number of hydrogen-bond donors (Lipinski definition) is 1. The van der Waals surface area contributed by atoms with E-state index in [-0.39, 0.29) is 0 Å². The van der Waals surface area contributed by atoms with Gasteiger partial charge in [-0.15, -0.1) is 0 Å². The monoisotopic (exact) mass is 222 g/mol. The summed E-state index contributed by atoms with van der Waals surface area (Å²) in [4.78, 5) is 2.49. The van der Waals surface area contributed by atoms with Gasteiger partial charge in [-0.05, 0) is 44.5 Å². The van der Waals surface area contributed by atoms with Crippen molar-refractivity contribution in [2.75, 3.05) is 13.1 Å². The Balaban J connectivity index is 1.96. The molecule has 0 bridgehead atoms. The molecule has 1 aromatic heterocycles. The van der Waals surface area contributed by atoms with Crippen molar-refractivity contribution >= 4 is 0 Å². The van der Waals surface area contributed by atoms with Crippen LogP contribution in [0.3, 0.4) is 0 Å². The van der Waals surface area contributed by atoms with Crippen LogP contribution >= 0.6 is 0 Å². The molecule has 0 aliphatic carbocycles. The first kappa shape index (κ1) is 11.7. The Morgan fingerprint density at radius 2 is 1.94 bits per heavy atom. The number of furan rings is 1. The lowest BCUT2D eigenvalue weighted by Crippen LogP contribution is -2.23. The maximum atomic E-state index is 5.74. The van der Waals surface area contributed by atoms with E-state index in [0.717, 1.165) is 18.1 Å². The maximum Gasteiger partial charge on any atom is 0.120 e. The van der Waals surface area contributed by atoms with Crippen LogP contribution in [-0.2, 0) is 13.1 Å². The topological polar surface area (TPSA) is 42.4 Å². The van der Waals surface area contributed by atoms with Crippen LogP contribution in [-0.4, -0.2) is 18.0 Å². The van der Waals surface area contributed by atoms with Gasteiger partial charge in [-0.2, -0.15) is 0 Å². The third-order valence-electron chi connectivity index (χ3n) is 3.34. The second-order valence-corrected chi connectivity index (χ2v) is 4.71. The molecule has 16 heavy (non-hydrogen) atoms. The molecule has 0 amide bonds. The Kier molecular flexibility index (Phi) is 4.02. The van der Waals surface area contributed by atoms with Crippen molar-refractivity contribution in [2.45, 2.75) is 45.7 Å². The van der Waals surface area contributed by atoms with E-state index in [1.54, 1.807) is 0 Å². The molecule has 1 aromatic rings. The molecule has 1 saturated heterocycles. The van der Waals surface area contributed by atoms with Crippen molar-refractivity contribution in [1.82, 2.24) is 4.90 Å². The number of nitrogens with zero attached hydrogens (tertiary/aromatic N) is 1. The molecular weight excluding hydrogens is 200 g/mol. The van der Waals surface area contributed by atoms with Gasteiger partial charge in [0.2, 0.25) is 0 Å². The third kappa shape index (κ3) is 2.86. The van der Waals surface area contributed by atoms with Crippen LogP contribution in [0.2, 0.25) is 0 Å². The Morgan fingerprint density at radius 1 is 1.25 bits per heavy atom. The molecule has 2 N–H and O–H groups in total. The highest BCUT2D eigenvalue weighted by molar-refractivity contribution is 5.19. The molecule has 2 heterocycles. The van der Waals surface area contributed by atoms with E-state index in [2.05, 4.69) is 17.9 Å². The molecule has 0 atom stereocenters. The molecule has 3 nitrogen and oxygen atoms in total. The lowest BCUT2D eigenvalue weighted by Gasteiger charge is -2.17. The van der Waals surface area contributed by atoms with Gasteiger partial charge in [-0.25, -0.2) is 0 Å². The number of hydrogen-bond acceptors (Lipinski definition) is 3. The molecule has 3 heteroatoms. The largest absolute Gasteiger partial charge is 0.463 e. The quantitative estimate of drug-likeness (QED) is 0.854. The fraction of sp³-hybridized carbons (Fsp3) is 0.692. The standard InChI is InChI=1S/C13H22N2O/c1-11-8-12(16-13(11)9-14)10-15-6-4-2-3-5-7-15/h8H,2-7,9-10,14H2,1H3. The van der Waals surface area contributed by atoms with Crippen molar-refractivity contribution in [3.8, 4) is 0 Å². The van der Waals surface area contributed by atoms with Crippen LogP contribution in [0.4, 0.5) is 0 Å². The lowest BCUT2D eigenvalue weighted by atomic mass is 10.2. The van der Waals surface area contributed by atoms with Gasteiger partial charge in [0.1, 0.15) is 11.5 Å². The summed E-state index contributed by atoms with van der Waals surface area (Å²) in [5.74, 6) is 2.00. The van der Waals surface area contributed by atoms with Gasteiger partial charge in [-0.1, -0.05) is 12.8 Å². The summed E-state index contributed by atoms with van der Waals surface area (Å²) in [6, 6.07) is 2.13. The zero-order valence-corrected chi connectivity index (χ0v) is 10.2. The minimum absolute atomic E-state index is 0.506. The molecule has 0 radical (unpaired) electrons. The zero-order chi connectivity index (χ0) is 11.4. The second-order valence-electron chi connectivity index (χ2n) is 4.71. The third-order valence-corrected chi connectivity index (χ3v) is 3.34. The fourth-order valence-corrected chi connectivity index (χ4v) is 2.39. The predicted molar refractivity (Wildman–Crippen MR) is 65.1 cm³/mol. The average molecular weight is 222 g/mol.